The van der Waals surface area contributed by atoms with Gasteiger partial charge in [-0.15, -0.1) is 0 Å². The molecule has 0 heterocycles. The second kappa shape index (κ2) is 4.14. The molecule has 0 bridgehead atoms. The molecule has 0 unspecified atom stereocenters. The van der Waals surface area contributed by atoms with Crippen molar-refractivity contribution in [3.8, 4) is 0 Å². The summed E-state index contributed by atoms with van der Waals surface area (Å²) in [7, 11) is 0. The molecule has 14 heavy (non-hydrogen) atoms. The van der Waals surface area contributed by atoms with Gasteiger partial charge >= 0.3 is 0 Å². The standard InChI is InChI=1S/C13H18N/c1-10-2-4-11(5-3-10)12-6-8-13(14)9-7-12/h2-5,12-14H,6-9H2,1H3. The molecule has 0 atom stereocenters. The summed E-state index contributed by atoms with van der Waals surface area (Å²) in [5.41, 5.74) is 10.5. The highest BCUT2D eigenvalue weighted by Gasteiger charge is 2.19. The molecule has 1 nitrogen and oxygen atoms in total. The normalized spacial score (nSPS) is 27.6. The molecule has 0 aliphatic heterocycles. The van der Waals surface area contributed by atoms with E-state index in [9.17, 15) is 0 Å². The second-order valence-corrected chi connectivity index (χ2v) is 4.46. The van der Waals surface area contributed by atoms with Crippen molar-refractivity contribution in [2.75, 3.05) is 0 Å². The Bertz CT molecular complexity index is 281. The van der Waals surface area contributed by atoms with Crippen molar-refractivity contribution in [3.63, 3.8) is 0 Å². The van der Waals surface area contributed by atoms with E-state index in [1.165, 1.54) is 24.0 Å². The first kappa shape index (κ1) is 9.72. The van der Waals surface area contributed by atoms with Gasteiger partial charge in [0.15, 0.2) is 0 Å². The zero-order chi connectivity index (χ0) is 9.97. The predicted molar refractivity (Wildman–Crippen MR) is 59.3 cm³/mol. The number of benzene rings is 1. The van der Waals surface area contributed by atoms with Crippen LogP contribution in [0, 0.1) is 6.92 Å². The minimum Gasteiger partial charge on any atom is -0.255 e. The average Bonchev–Trinajstić information content (AvgIpc) is 2.21. The third-order valence-corrected chi connectivity index (χ3v) is 3.28. The van der Waals surface area contributed by atoms with Crippen LogP contribution in [0.4, 0.5) is 0 Å². The van der Waals surface area contributed by atoms with E-state index in [-0.39, 0.29) is 6.04 Å². The zero-order valence-corrected chi connectivity index (χ0v) is 8.79. The molecule has 0 saturated heterocycles. The van der Waals surface area contributed by atoms with Crippen LogP contribution in [-0.4, -0.2) is 6.04 Å². The Kier molecular flexibility index (Phi) is 2.87. The van der Waals surface area contributed by atoms with Crippen LogP contribution in [0.15, 0.2) is 24.3 Å². The quantitative estimate of drug-likeness (QED) is 0.645. The van der Waals surface area contributed by atoms with Gasteiger partial charge in [-0.25, -0.2) is 0 Å². The van der Waals surface area contributed by atoms with Crippen molar-refractivity contribution >= 4 is 0 Å². The Morgan fingerprint density at radius 3 is 2.14 bits per heavy atom. The summed E-state index contributed by atoms with van der Waals surface area (Å²) < 4.78 is 0. The summed E-state index contributed by atoms with van der Waals surface area (Å²) in [6.07, 6.45) is 4.57. The highest BCUT2D eigenvalue weighted by molar-refractivity contribution is 5.24. The number of rotatable bonds is 1. The molecule has 1 aliphatic rings. The van der Waals surface area contributed by atoms with Crippen LogP contribution in [0.25, 0.3) is 0 Å². The van der Waals surface area contributed by atoms with Gasteiger partial charge in [0.25, 0.3) is 0 Å². The summed E-state index contributed by atoms with van der Waals surface area (Å²) in [4.78, 5) is 0. The van der Waals surface area contributed by atoms with Crippen LogP contribution in [-0.2, 0) is 0 Å². The van der Waals surface area contributed by atoms with Crippen LogP contribution in [0.3, 0.4) is 0 Å². The van der Waals surface area contributed by atoms with Crippen LogP contribution in [0.1, 0.15) is 42.7 Å². The molecule has 1 aromatic carbocycles. The van der Waals surface area contributed by atoms with Crippen LogP contribution in [0.2, 0.25) is 0 Å². The lowest BCUT2D eigenvalue weighted by molar-refractivity contribution is 0.388. The number of hydrogen-bond acceptors (Lipinski definition) is 0. The molecule has 2 rings (SSSR count). The van der Waals surface area contributed by atoms with Gasteiger partial charge in [0.05, 0.1) is 0 Å². The van der Waals surface area contributed by atoms with Crippen molar-refractivity contribution in [2.45, 2.75) is 44.6 Å². The summed E-state index contributed by atoms with van der Waals surface area (Å²) in [6.45, 7) is 2.13. The van der Waals surface area contributed by atoms with E-state index in [1.807, 2.05) is 0 Å². The summed E-state index contributed by atoms with van der Waals surface area (Å²) >= 11 is 0. The molecule has 1 aromatic rings. The number of aryl methyl sites for hydroxylation is 1. The summed E-state index contributed by atoms with van der Waals surface area (Å²) in [5, 5.41) is 0. The molecular weight excluding hydrogens is 170 g/mol. The summed E-state index contributed by atoms with van der Waals surface area (Å²) in [5.74, 6) is 0.720. The minimum absolute atomic E-state index is 0.205. The van der Waals surface area contributed by atoms with Gasteiger partial charge in [-0.3, -0.25) is 5.73 Å². The maximum Gasteiger partial charge on any atom is 0.0213 e. The average molecular weight is 188 g/mol. The molecule has 1 fully saturated rings. The lowest BCUT2D eigenvalue weighted by atomic mass is 9.82. The van der Waals surface area contributed by atoms with E-state index >= 15 is 0 Å². The maximum atomic E-state index is 7.66. The highest BCUT2D eigenvalue weighted by atomic mass is 14.6. The van der Waals surface area contributed by atoms with Gasteiger partial charge in [0.2, 0.25) is 0 Å². The third-order valence-electron chi connectivity index (χ3n) is 3.28. The highest BCUT2D eigenvalue weighted by Crippen LogP contribution is 2.32. The minimum atomic E-state index is 0.205. The molecule has 1 aliphatic carbocycles. The van der Waals surface area contributed by atoms with E-state index in [1.54, 1.807) is 0 Å². The molecular formula is C13H18N. The molecule has 0 spiro atoms. The first-order valence-corrected chi connectivity index (χ1v) is 5.53. The van der Waals surface area contributed by atoms with Crippen molar-refractivity contribution in [2.24, 2.45) is 0 Å². The van der Waals surface area contributed by atoms with Gasteiger partial charge in [0.1, 0.15) is 0 Å². The molecule has 75 valence electrons. The molecule has 1 radical (unpaired) electrons. The van der Waals surface area contributed by atoms with Crippen molar-refractivity contribution in [1.82, 2.24) is 5.73 Å². The smallest absolute Gasteiger partial charge is 0.0213 e. The fourth-order valence-electron chi connectivity index (χ4n) is 2.27. The molecule has 0 amide bonds. The van der Waals surface area contributed by atoms with Crippen molar-refractivity contribution < 1.29 is 0 Å². The summed E-state index contributed by atoms with van der Waals surface area (Å²) in [6, 6.07) is 9.11. The van der Waals surface area contributed by atoms with Crippen LogP contribution >= 0.6 is 0 Å². The third kappa shape index (κ3) is 2.16. The Hall–Kier alpha value is -0.820. The van der Waals surface area contributed by atoms with Gasteiger partial charge in [0, 0.05) is 6.04 Å². The monoisotopic (exact) mass is 188 g/mol. The second-order valence-electron chi connectivity index (χ2n) is 4.46. The van der Waals surface area contributed by atoms with E-state index < -0.39 is 0 Å². The van der Waals surface area contributed by atoms with Crippen LogP contribution < -0.4 is 5.73 Å². The van der Waals surface area contributed by atoms with E-state index in [0.29, 0.717) is 0 Å². The SMILES string of the molecule is Cc1ccc(C2CCC([NH])CC2)cc1. The molecule has 0 aromatic heterocycles. The lowest BCUT2D eigenvalue weighted by Gasteiger charge is -2.25. The van der Waals surface area contributed by atoms with Gasteiger partial charge in [-0.05, 0) is 44.1 Å². The van der Waals surface area contributed by atoms with Gasteiger partial charge < -0.3 is 0 Å². The topological polar surface area (TPSA) is 23.8 Å². The van der Waals surface area contributed by atoms with Gasteiger partial charge in [-0.1, -0.05) is 29.8 Å². The van der Waals surface area contributed by atoms with E-state index in [4.69, 9.17) is 5.73 Å². The fourth-order valence-corrected chi connectivity index (χ4v) is 2.27. The maximum absolute atomic E-state index is 7.66. The van der Waals surface area contributed by atoms with Crippen LogP contribution in [0.5, 0.6) is 0 Å². The van der Waals surface area contributed by atoms with Crippen molar-refractivity contribution in [1.29, 1.82) is 0 Å². The first-order chi connectivity index (χ1) is 6.75. The predicted octanol–water partition coefficient (Wildman–Crippen LogP) is 3.30. The molecule has 1 N–H and O–H groups in total. The Morgan fingerprint density at radius 1 is 1.00 bits per heavy atom. The Balaban J connectivity index is 2.05. The Morgan fingerprint density at radius 2 is 1.57 bits per heavy atom. The van der Waals surface area contributed by atoms with E-state index in [0.717, 1.165) is 18.8 Å². The van der Waals surface area contributed by atoms with Gasteiger partial charge in [-0.2, -0.15) is 0 Å². The Labute approximate surface area is 86.3 Å². The lowest BCUT2D eigenvalue weighted by Crippen LogP contribution is -2.18. The number of nitrogens with one attached hydrogen (secondary N) is 1. The van der Waals surface area contributed by atoms with Crippen molar-refractivity contribution in [3.05, 3.63) is 35.4 Å². The zero-order valence-electron chi connectivity index (χ0n) is 8.79. The van der Waals surface area contributed by atoms with E-state index in [2.05, 4.69) is 31.2 Å². The largest absolute Gasteiger partial charge is 0.255 e. The molecule has 1 saturated carbocycles. The molecule has 1 heteroatoms. The first-order valence-electron chi connectivity index (χ1n) is 5.53. The fraction of sp³-hybridized carbons (Fsp3) is 0.538. The number of hydrogen-bond donors (Lipinski definition) is 0.